The molecule has 0 saturated heterocycles. The molecule has 0 fully saturated rings. The molecule has 0 aliphatic heterocycles. The Bertz CT molecular complexity index is 492. The van der Waals surface area contributed by atoms with Gasteiger partial charge in [-0.2, -0.15) is 0 Å². The molecule has 84 valence electrons. The molecule has 2 rings (SSSR count). The largest absolute Gasteiger partial charge is 0.396 e. The van der Waals surface area contributed by atoms with Crippen molar-refractivity contribution in [3.8, 4) is 0 Å². The van der Waals surface area contributed by atoms with Gasteiger partial charge >= 0.3 is 0 Å². The highest BCUT2D eigenvalue weighted by atomic mass is 32.1. The molecule has 0 radical (unpaired) electrons. The predicted molar refractivity (Wildman–Crippen MR) is 66.8 cm³/mol. The van der Waals surface area contributed by atoms with Gasteiger partial charge in [-0.15, -0.1) is 11.3 Å². The number of rotatable bonds is 4. The molecule has 1 aromatic carbocycles. The van der Waals surface area contributed by atoms with E-state index in [9.17, 15) is 4.79 Å². The molecule has 4 heteroatoms. The molecule has 0 aliphatic carbocycles. The summed E-state index contributed by atoms with van der Waals surface area (Å²) < 4.78 is 1.17. The summed E-state index contributed by atoms with van der Waals surface area (Å²) in [4.78, 5) is 11.5. The van der Waals surface area contributed by atoms with Gasteiger partial charge < -0.3 is 10.4 Å². The number of carbonyl (C=O) groups is 1. The first-order chi connectivity index (χ1) is 7.81. The summed E-state index contributed by atoms with van der Waals surface area (Å²) in [5.74, 6) is -0.0439. The van der Waals surface area contributed by atoms with Gasteiger partial charge in [-0.3, -0.25) is 4.79 Å². The Kier molecular flexibility index (Phi) is 3.54. The van der Waals surface area contributed by atoms with Gasteiger partial charge in [0.1, 0.15) is 0 Å². The van der Waals surface area contributed by atoms with Crippen LogP contribution in [-0.2, 0) is 4.79 Å². The van der Waals surface area contributed by atoms with Crippen LogP contribution in [0.2, 0.25) is 0 Å². The zero-order valence-corrected chi connectivity index (χ0v) is 9.59. The number of aliphatic hydroxyl groups excluding tert-OH is 1. The quantitative estimate of drug-likeness (QED) is 0.855. The third-order valence-electron chi connectivity index (χ3n) is 2.32. The van der Waals surface area contributed by atoms with Crippen molar-refractivity contribution in [2.45, 2.75) is 12.8 Å². The van der Waals surface area contributed by atoms with E-state index in [1.54, 1.807) is 11.3 Å². The van der Waals surface area contributed by atoms with Gasteiger partial charge in [0, 0.05) is 28.5 Å². The lowest BCUT2D eigenvalue weighted by molar-refractivity contribution is -0.116. The SMILES string of the molecule is O=C(CCCO)Nc1csc2ccccc12. The number of hydrogen-bond donors (Lipinski definition) is 2. The first kappa shape index (κ1) is 11.1. The normalized spacial score (nSPS) is 10.6. The monoisotopic (exact) mass is 235 g/mol. The summed E-state index contributed by atoms with van der Waals surface area (Å²) in [6.07, 6.45) is 0.870. The van der Waals surface area contributed by atoms with Gasteiger partial charge in [-0.25, -0.2) is 0 Å². The van der Waals surface area contributed by atoms with Gasteiger partial charge in [-0.05, 0) is 12.5 Å². The zero-order chi connectivity index (χ0) is 11.4. The number of benzene rings is 1. The van der Waals surface area contributed by atoms with Crippen LogP contribution in [0.5, 0.6) is 0 Å². The van der Waals surface area contributed by atoms with Crippen molar-refractivity contribution in [3.05, 3.63) is 29.6 Å². The van der Waals surface area contributed by atoms with E-state index >= 15 is 0 Å². The molecule has 16 heavy (non-hydrogen) atoms. The van der Waals surface area contributed by atoms with Gasteiger partial charge in [0.25, 0.3) is 0 Å². The Morgan fingerprint density at radius 2 is 2.19 bits per heavy atom. The van der Waals surface area contributed by atoms with Gasteiger partial charge in [0.15, 0.2) is 0 Å². The summed E-state index contributed by atoms with van der Waals surface area (Å²) >= 11 is 1.62. The molecular formula is C12H13NO2S. The number of aliphatic hydroxyl groups is 1. The minimum absolute atomic E-state index is 0.0439. The van der Waals surface area contributed by atoms with E-state index in [1.807, 2.05) is 29.6 Å². The highest BCUT2D eigenvalue weighted by Crippen LogP contribution is 2.29. The fourth-order valence-electron chi connectivity index (χ4n) is 1.53. The van der Waals surface area contributed by atoms with Crippen LogP contribution in [0.4, 0.5) is 5.69 Å². The molecule has 0 saturated carbocycles. The number of thiophene rings is 1. The molecule has 0 unspecified atom stereocenters. The molecule has 2 aromatic rings. The molecular weight excluding hydrogens is 222 g/mol. The lowest BCUT2D eigenvalue weighted by atomic mass is 10.2. The molecule has 0 bridgehead atoms. The highest BCUT2D eigenvalue weighted by molar-refractivity contribution is 7.17. The second-order valence-corrected chi connectivity index (χ2v) is 4.43. The highest BCUT2D eigenvalue weighted by Gasteiger charge is 2.06. The first-order valence-corrected chi connectivity index (χ1v) is 6.06. The number of fused-ring (bicyclic) bond motifs is 1. The maximum absolute atomic E-state index is 11.5. The molecule has 0 atom stereocenters. The fraction of sp³-hybridized carbons (Fsp3) is 0.250. The minimum Gasteiger partial charge on any atom is -0.396 e. The van der Waals surface area contributed by atoms with Crippen molar-refractivity contribution < 1.29 is 9.90 Å². The van der Waals surface area contributed by atoms with E-state index in [0.29, 0.717) is 12.8 Å². The van der Waals surface area contributed by atoms with Crippen molar-refractivity contribution in [3.63, 3.8) is 0 Å². The topological polar surface area (TPSA) is 49.3 Å². The van der Waals surface area contributed by atoms with E-state index in [4.69, 9.17) is 5.11 Å². The molecule has 0 aliphatic rings. The van der Waals surface area contributed by atoms with Crippen LogP contribution in [0.1, 0.15) is 12.8 Å². The molecule has 2 N–H and O–H groups in total. The van der Waals surface area contributed by atoms with Crippen LogP contribution in [0.25, 0.3) is 10.1 Å². The van der Waals surface area contributed by atoms with Gasteiger partial charge in [-0.1, -0.05) is 18.2 Å². The van der Waals surface area contributed by atoms with Crippen molar-refractivity contribution in [1.82, 2.24) is 0 Å². The van der Waals surface area contributed by atoms with Gasteiger partial charge in [0.2, 0.25) is 5.91 Å². The molecule has 1 amide bonds. The molecule has 1 heterocycles. The third-order valence-corrected chi connectivity index (χ3v) is 3.28. The Morgan fingerprint density at radius 1 is 1.38 bits per heavy atom. The van der Waals surface area contributed by atoms with E-state index < -0.39 is 0 Å². The molecule has 3 nitrogen and oxygen atoms in total. The maximum Gasteiger partial charge on any atom is 0.224 e. The van der Waals surface area contributed by atoms with Crippen LogP contribution in [0.15, 0.2) is 29.6 Å². The fourth-order valence-corrected chi connectivity index (χ4v) is 2.42. The van der Waals surface area contributed by atoms with Crippen LogP contribution in [-0.4, -0.2) is 17.6 Å². The summed E-state index contributed by atoms with van der Waals surface area (Å²) in [5, 5.41) is 14.5. The van der Waals surface area contributed by atoms with Crippen molar-refractivity contribution in [2.24, 2.45) is 0 Å². The average molecular weight is 235 g/mol. The van der Waals surface area contributed by atoms with E-state index in [-0.39, 0.29) is 12.5 Å². The average Bonchev–Trinajstić information content (AvgIpc) is 2.70. The summed E-state index contributed by atoms with van der Waals surface area (Å²) in [6, 6.07) is 7.96. The van der Waals surface area contributed by atoms with E-state index in [2.05, 4.69) is 5.32 Å². The van der Waals surface area contributed by atoms with Crippen LogP contribution < -0.4 is 5.32 Å². The second-order valence-electron chi connectivity index (χ2n) is 3.52. The Hall–Kier alpha value is -1.39. The minimum atomic E-state index is -0.0439. The number of carbonyl (C=O) groups excluding carboxylic acids is 1. The Labute approximate surface area is 97.7 Å². The Morgan fingerprint density at radius 3 is 3.00 bits per heavy atom. The summed E-state index contributed by atoms with van der Waals surface area (Å²) in [7, 11) is 0. The zero-order valence-electron chi connectivity index (χ0n) is 8.77. The standard InChI is InChI=1S/C12H13NO2S/c14-7-3-6-12(15)13-10-8-16-11-5-2-1-4-9(10)11/h1-2,4-5,8,14H,3,6-7H2,(H,13,15). The summed E-state index contributed by atoms with van der Waals surface area (Å²) in [6.45, 7) is 0.0534. The number of amides is 1. The van der Waals surface area contributed by atoms with E-state index in [0.717, 1.165) is 11.1 Å². The van der Waals surface area contributed by atoms with Crippen LogP contribution in [0, 0.1) is 0 Å². The first-order valence-electron chi connectivity index (χ1n) is 5.18. The second kappa shape index (κ2) is 5.09. The van der Waals surface area contributed by atoms with Crippen molar-refractivity contribution in [1.29, 1.82) is 0 Å². The Balaban J connectivity index is 2.12. The lowest BCUT2D eigenvalue weighted by Gasteiger charge is -2.02. The lowest BCUT2D eigenvalue weighted by Crippen LogP contribution is -2.11. The van der Waals surface area contributed by atoms with Crippen LogP contribution in [0.3, 0.4) is 0 Å². The third kappa shape index (κ3) is 2.40. The number of hydrogen-bond acceptors (Lipinski definition) is 3. The van der Waals surface area contributed by atoms with Crippen LogP contribution >= 0.6 is 11.3 Å². The van der Waals surface area contributed by atoms with Crippen molar-refractivity contribution >= 4 is 33.0 Å². The van der Waals surface area contributed by atoms with Gasteiger partial charge in [0.05, 0.1) is 5.69 Å². The predicted octanol–water partition coefficient (Wildman–Crippen LogP) is 2.61. The molecule has 0 spiro atoms. The smallest absolute Gasteiger partial charge is 0.224 e. The van der Waals surface area contributed by atoms with E-state index in [1.165, 1.54) is 4.70 Å². The maximum atomic E-state index is 11.5. The number of anilines is 1. The van der Waals surface area contributed by atoms with Crippen molar-refractivity contribution in [2.75, 3.05) is 11.9 Å². The molecule has 1 aromatic heterocycles. The number of nitrogens with one attached hydrogen (secondary N) is 1. The summed E-state index contributed by atoms with van der Waals surface area (Å²) in [5.41, 5.74) is 0.864.